The summed E-state index contributed by atoms with van der Waals surface area (Å²) in [6, 6.07) is 56.2. The summed E-state index contributed by atoms with van der Waals surface area (Å²) in [6.07, 6.45) is 29.1. The molecular formula is C77H82BrCs2O3+. The van der Waals surface area contributed by atoms with Gasteiger partial charge < -0.3 is 11.6 Å². The number of fused-ring (bicyclic) bond motifs is 2. The smallest absolute Gasteiger partial charge is 1.00 e. The molecule has 0 heterocycles. The predicted octanol–water partition coefficient (Wildman–Crippen LogP) is 12.9. The molecule has 8 aromatic carbocycles. The zero-order valence-electron chi connectivity index (χ0n) is 51.9. The van der Waals surface area contributed by atoms with Crippen LogP contribution in [-0.2, 0) is 48.2 Å². The van der Waals surface area contributed by atoms with E-state index in [9.17, 15) is 0 Å². The van der Waals surface area contributed by atoms with Crippen molar-refractivity contribution in [1.82, 2.24) is 0 Å². The monoisotopic (exact) mass is 1400 g/mol. The van der Waals surface area contributed by atoms with E-state index in [-0.39, 0.29) is 146 Å². The van der Waals surface area contributed by atoms with Crippen molar-refractivity contribution in [3.05, 3.63) is 241 Å². The minimum Gasteiger partial charge on any atom is -1.00 e. The van der Waals surface area contributed by atoms with Gasteiger partial charge in [-0.2, -0.15) is 0 Å². The van der Waals surface area contributed by atoms with Crippen molar-refractivity contribution in [1.29, 1.82) is 0 Å². The standard InChI is InChI=1S/C38H40.C22H25Br.C16H15.CH2O3.2Cs.H/c1-4-7-9-10-12-30-13-15-31(16-14-30)19-23-36-24-20-33(27-35(36)6-3)17-18-34-22-26-37-28-32(11-8-5-2)21-25-38(37)29-34;1-3-5-6-7-8-18-9-11-19(12-10-18)13-14-21-15-16-22(23)17-20(21)4-2;1-3-5-6-14-8-10-15-11-13(4-2)7-9-16(15)12-14;2-1-4-3;;;/h13-16,20-22,24-29H,4-12H2,1-3H3;9-12,15-17H,3-8H2,1-2H3;7-12H,3,5-6H2,1H3;1,3H;;;/q;;+1;;2*+1;-1/p-1. The largest absolute Gasteiger partial charge is 1.00 e. The molecule has 0 fully saturated rings. The van der Waals surface area contributed by atoms with Crippen molar-refractivity contribution in [3.63, 3.8) is 0 Å². The Morgan fingerprint density at radius 2 is 0.759 bits per heavy atom. The number of hydrogen-bond donors (Lipinski definition) is 0. The summed E-state index contributed by atoms with van der Waals surface area (Å²) in [5.74, 6) is 22.5. The van der Waals surface area contributed by atoms with E-state index in [4.69, 9.17) is 16.5 Å². The van der Waals surface area contributed by atoms with Crippen LogP contribution in [0.5, 0.6) is 0 Å². The quantitative estimate of drug-likeness (QED) is 0.0202. The van der Waals surface area contributed by atoms with Crippen LogP contribution in [0.4, 0.5) is 0 Å². The number of rotatable bonds is 19. The van der Waals surface area contributed by atoms with Gasteiger partial charge in [0.1, 0.15) is 0 Å². The molecule has 0 aliphatic carbocycles. The van der Waals surface area contributed by atoms with Gasteiger partial charge in [0, 0.05) is 37.9 Å². The van der Waals surface area contributed by atoms with Gasteiger partial charge in [-0.1, -0.05) is 180 Å². The zero-order valence-corrected chi connectivity index (χ0v) is 65.1. The number of carbonyl (C=O) groups is 1. The fourth-order valence-electron chi connectivity index (χ4n) is 9.33. The van der Waals surface area contributed by atoms with Crippen LogP contribution in [-0.4, -0.2) is 6.47 Å². The minimum atomic E-state index is -0.181. The van der Waals surface area contributed by atoms with Crippen LogP contribution >= 0.6 is 15.9 Å². The molecule has 8 rings (SSSR count). The van der Waals surface area contributed by atoms with Crippen molar-refractivity contribution in [2.24, 2.45) is 0 Å². The van der Waals surface area contributed by atoms with Crippen molar-refractivity contribution < 1.29 is 154 Å². The fraction of sp³-hybridized carbons (Fsp3) is 0.312. The SMILES string of the molecule is CCCCCCc1ccc(C#Cc2ccc(Br)cc2CC)cc1.CCCCCCc1ccc(C#Cc2ccc(C#Cc3ccc4cc(CCCC)ccc4c3)cc2CC)cc1.O=CO[O-].[C+]#Cc1ccc2cc(CCCC)ccc2c1.[Cs+].[Cs+].[H-]. The molecule has 0 N–H and O–H groups in total. The van der Waals surface area contributed by atoms with Gasteiger partial charge in [-0.3, -0.25) is 4.79 Å². The molecule has 0 aliphatic heterocycles. The van der Waals surface area contributed by atoms with Crippen LogP contribution in [0.3, 0.4) is 0 Å². The van der Waals surface area contributed by atoms with Crippen molar-refractivity contribution >= 4 is 43.9 Å². The third kappa shape index (κ3) is 28.0. The predicted molar refractivity (Wildman–Crippen MR) is 345 cm³/mol. The molecule has 0 bridgehead atoms. The van der Waals surface area contributed by atoms with E-state index in [1.165, 1.54) is 138 Å². The van der Waals surface area contributed by atoms with E-state index >= 15 is 0 Å². The molecule has 0 saturated carbocycles. The normalized spacial score (nSPS) is 9.90. The zero-order chi connectivity index (χ0) is 57.9. The van der Waals surface area contributed by atoms with Gasteiger partial charge >= 0.3 is 235 Å². The number of benzene rings is 8. The number of hydrogen-bond acceptors (Lipinski definition) is 3. The van der Waals surface area contributed by atoms with Gasteiger partial charge in [0.25, 0.3) is 6.47 Å². The van der Waals surface area contributed by atoms with Crippen molar-refractivity contribution in [2.45, 2.75) is 157 Å². The van der Waals surface area contributed by atoms with Crippen LogP contribution in [0.2, 0.25) is 0 Å². The molecule has 8 aromatic rings. The van der Waals surface area contributed by atoms with Crippen LogP contribution in [0.15, 0.2) is 162 Å². The van der Waals surface area contributed by atoms with E-state index in [0.29, 0.717) is 0 Å². The Hall–Kier alpha value is -3.25. The Bertz CT molecular complexity index is 3450. The molecule has 0 aliphatic rings. The first-order valence-electron chi connectivity index (χ1n) is 29.5. The average molecular weight is 1400 g/mol. The summed E-state index contributed by atoms with van der Waals surface area (Å²) in [5.41, 5.74) is 15.5. The van der Waals surface area contributed by atoms with Crippen molar-refractivity contribution in [3.8, 4) is 41.4 Å². The molecule has 0 spiro atoms. The Labute approximate surface area is 627 Å². The Kier molecular flexibility index (Phi) is 39.4. The van der Waals surface area contributed by atoms with Crippen LogP contribution in [0, 0.1) is 47.9 Å². The van der Waals surface area contributed by atoms with E-state index in [0.717, 1.165) is 75.5 Å². The molecule has 0 unspecified atom stereocenters. The Balaban J connectivity index is 0.000000445. The molecule has 83 heavy (non-hydrogen) atoms. The van der Waals surface area contributed by atoms with Crippen LogP contribution in [0.1, 0.15) is 192 Å². The maximum atomic E-state index is 8.64. The number of aryl methyl sites for hydroxylation is 6. The minimum absolute atomic E-state index is 0. The van der Waals surface area contributed by atoms with Gasteiger partial charge in [0.05, 0.1) is 0 Å². The van der Waals surface area contributed by atoms with E-state index in [2.05, 4.69) is 249 Å². The van der Waals surface area contributed by atoms with E-state index < -0.39 is 0 Å². The molecule has 0 saturated heterocycles. The molecule has 0 radical (unpaired) electrons. The molecule has 3 nitrogen and oxygen atoms in total. The number of unbranched alkanes of at least 4 members (excludes halogenated alkanes) is 8. The third-order valence-electron chi connectivity index (χ3n) is 14.1. The van der Waals surface area contributed by atoms with Gasteiger partial charge in [-0.05, 0) is 163 Å². The summed E-state index contributed by atoms with van der Waals surface area (Å²) in [5, 5.41) is 13.4. The summed E-state index contributed by atoms with van der Waals surface area (Å²) < 4.78 is 1.12. The summed E-state index contributed by atoms with van der Waals surface area (Å²) in [6.45, 7) is 13.1. The van der Waals surface area contributed by atoms with E-state index in [1.54, 1.807) is 0 Å². The molecule has 0 atom stereocenters. The first-order chi connectivity index (χ1) is 39.6. The van der Waals surface area contributed by atoms with Gasteiger partial charge in [0.2, 0.25) is 0 Å². The fourth-order valence-corrected chi connectivity index (χ4v) is 9.73. The number of halogens is 1. The van der Waals surface area contributed by atoms with Crippen molar-refractivity contribution in [2.75, 3.05) is 0 Å². The van der Waals surface area contributed by atoms with E-state index in [1.807, 2.05) is 12.1 Å². The Morgan fingerprint density at radius 1 is 0.410 bits per heavy atom. The second-order valence-corrected chi connectivity index (χ2v) is 21.4. The summed E-state index contributed by atoms with van der Waals surface area (Å²) in [7, 11) is 0. The summed E-state index contributed by atoms with van der Waals surface area (Å²) >= 11 is 3.52. The van der Waals surface area contributed by atoms with Gasteiger partial charge in [0.15, 0.2) is 0 Å². The van der Waals surface area contributed by atoms with Crippen LogP contribution < -0.4 is 143 Å². The van der Waals surface area contributed by atoms with Gasteiger partial charge in [-0.15, -0.1) is 0 Å². The maximum absolute atomic E-state index is 8.64. The molecule has 6 heteroatoms. The van der Waals surface area contributed by atoms with Gasteiger partial charge in [-0.25, -0.2) is 0 Å². The van der Waals surface area contributed by atoms with Crippen LogP contribution in [0.25, 0.3) is 21.5 Å². The molecular weight excluding hydrogens is 1320 g/mol. The summed E-state index contributed by atoms with van der Waals surface area (Å²) in [4.78, 5) is 11.2. The Morgan fingerprint density at radius 3 is 1.20 bits per heavy atom. The maximum Gasteiger partial charge on any atom is 1.00 e. The number of carbonyl (C=O) groups excluding carboxylic acids is 1. The molecule has 416 valence electrons. The topological polar surface area (TPSA) is 49.4 Å². The first kappa shape index (κ1) is 74.0. The second kappa shape index (κ2) is 44.2. The molecule has 0 amide bonds. The average Bonchev–Trinajstić information content (AvgIpc) is 3.71. The third-order valence-corrected chi connectivity index (χ3v) is 14.6. The first-order valence-corrected chi connectivity index (χ1v) is 30.3. The molecule has 0 aromatic heterocycles. The second-order valence-electron chi connectivity index (χ2n) is 20.5.